The van der Waals surface area contributed by atoms with Crippen LogP contribution < -0.4 is 0 Å². The Balaban J connectivity index is 2.20. The standard InChI is InChI=1S/C14H18O2/c1-16-13-10-6-5-9-12(13)14(15)11-7-3-2-4-8-11/h2-4,7-9,13-15H,5-6,10H2,1H3/t13-,14-/m1/s1. The van der Waals surface area contributed by atoms with Crippen LogP contribution in [0.4, 0.5) is 0 Å². The highest BCUT2D eigenvalue weighted by Crippen LogP contribution is 2.31. The van der Waals surface area contributed by atoms with Crippen LogP contribution in [-0.2, 0) is 4.74 Å². The highest BCUT2D eigenvalue weighted by molar-refractivity contribution is 5.28. The first-order chi connectivity index (χ1) is 7.83. The van der Waals surface area contributed by atoms with Crippen LogP contribution in [0, 0.1) is 0 Å². The van der Waals surface area contributed by atoms with Gasteiger partial charge in [-0.05, 0) is 30.4 Å². The zero-order valence-corrected chi connectivity index (χ0v) is 9.60. The Morgan fingerprint density at radius 3 is 2.75 bits per heavy atom. The van der Waals surface area contributed by atoms with Gasteiger partial charge in [0.25, 0.3) is 0 Å². The molecule has 1 aliphatic carbocycles. The highest BCUT2D eigenvalue weighted by atomic mass is 16.5. The molecule has 0 amide bonds. The fourth-order valence-corrected chi connectivity index (χ4v) is 2.24. The third-order valence-electron chi connectivity index (χ3n) is 3.14. The van der Waals surface area contributed by atoms with Gasteiger partial charge in [0.1, 0.15) is 6.10 Å². The molecule has 0 aromatic heterocycles. The first-order valence-electron chi connectivity index (χ1n) is 5.78. The number of hydrogen-bond donors (Lipinski definition) is 1. The molecule has 2 atom stereocenters. The number of benzene rings is 1. The van der Waals surface area contributed by atoms with Gasteiger partial charge in [-0.25, -0.2) is 0 Å². The summed E-state index contributed by atoms with van der Waals surface area (Å²) in [7, 11) is 1.71. The monoisotopic (exact) mass is 218 g/mol. The first-order valence-corrected chi connectivity index (χ1v) is 5.78. The van der Waals surface area contributed by atoms with E-state index in [0.29, 0.717) is 0 Å². The van der Waals surface area contributed by atoms with Crippen molar-refractivity contribution < 1.29 is 9.84 Å². The van der Waals surface area contributed by atoms with Crippen LogP contribution in [0.25, 0.3) is 0 Å². The molecule has 1 aromatic rings. The molecule has 86 valence electrons. The minimum atomic E-state index is -0.522. The minimum Gasteiger partial charge on any atom is -0.384 e. The van der Waals surface area contributed by atoms with Gasteiger partial charge < -0.3 is 9.84 Å². The molecule has 0 bridgehead atoms. The Bertz CT molecular complexity index is 356. The molecule has 0 saturated heterocycles. The predicted molar refractivity (Wildman–Crippen MR) is 64.1 cm³/mol. The summed E-state index contributed by atoms with van der Waals surface area (Å²) in [4.78, 5) is 0. The molecule has 0 saturated carbocycles. The summed E-state index contributed by atoms with van der Waals surface area (Å²) >= 11 is 0. The molecular weight excluding hydrogens is 200 g/mol. The topological polar surface area (TPSA) is 29.5 Å². The van der Waals surface area contributed by atoms with Crippen LogP contribution in [0.15, 0.2) is 42.0 Å². The van der Waals surface area contributed by atoms with Crippen molar-refractivity contribution in [3.63, 3.8) is 0 Å². The number of aliphatic hydroxyl groups is 1. The van der Waals surface area contributed by atoms with Crippen LogP contribution in [0.3, 0.4) is 0 Å². The van der Waals surface area contributed by atoms with E-state index >= 15 is 0 Å². The lowest BCUT2D eigenvalue weighted by atomic mass is 9.89. The van der Waals surface area contributed by atoms with E-state index in [1.807, 2.05) is 30.3 Å². The largest absolute Gasteiger partial charge is 0.384 e. The van der Waals surface area contributed by atoms with E-state index in [2.05, 4.69) is 6.08 Å². The maximum absolute atomic E-state index is 10.3. The average molecular weight is 218 g/mol. The molecule has 0 heterocycles. The van der Waals surface area contributed by atoms with Gasteiger partial charge in [-0.2, -0.15) is 0 Å². The Labute approximate surface area is 96.6 Å². The van der Waals surface area contributed by atoms with Gasteiger partial charge in [-0.1, -0.05) is 36.4 Å². The van der Waals surface area contributed by atoms with Gasteiger partial charge in [-0.15, -0.1) is 0 Å². The van der Waals surface area contributed by atoms with Gasteiger partial charge in [0.2, 0.25) is 0 Å². The number of rotatable bonds is 3. The Kier molecular flexibility index (Phi) is 3.75. The molecule has 0 unspecified atom stereocenters. The zero-order chi connectivity index (χ0) is 11.4. The van der Waals surface area contributed by atoms with E-state index in [9.17, 15) is 5.11 Å². The summed E-state index contributed by atoms with van der Waals surface area (Å²) in [5, 5.41) is 10.3. The lowest BCUT2D eigenvalue weighted by Crippen LogP contribution is -2.21. The number of ether oxygens (including phenoxy) is 1. The predicted octanol–water partition coefficient (Wildman–Crippen LogP) is 2.85. The number of allylic oxidation sites excluding steroid dienone is 1. The number of aliphatic hydroxyl groups excluding tert-OH is 1. The van der Waals surface area contributed by atoms with E-state index in [1.54, 1.807) is 7.11 Å². The first kappa shape index (κ1) is 11.4. The van der Waals surface area contributed by atoms with Crippen LogP contribution in [0.5, 0.6) is 0 Å². The molecule has 1 aromatic carbocycles. The fraction of sp³-hybridized carbons (Fsp3) is 0.429. The van der Waals surface area contributed by atoms with Crippen molar-refractivity contribution in [1.82, 2.24) is 0 Å². The summed E-state index contributed by atoms with van der Waals surface area (Å²) in [6, 6.07) is 9.76. The van der Waals surface area contributed by atoms with Crippen molar-refractivity contribution in [2.75, 3.05) is 7.11 Å². The minimum absolute atomic E-state index is 0.0731. The SMILES string of the molecule is CO[C@@H]1CCCC=C1[C@H](O)c1ccccc1. The molecule has 1 aliphatic rings. The maximum atomic E-state index is 10.3. The third kappa shape index (κ3) is 2.34. The van der Waals surface area contributed by atoms with E-state index in [4.69, 9.17) is 4.74 Å². The normalized spacial score (nSPS) is 22.6. The van der Waals surface area contributed by atoms with E-state index < -0.39 is 6.10 Å². The van der Waals surface area contributed by atoms with Crippen molar-refractivity contribution in [2.24, 2.45) is 0 Å². The maximum Gasteiger partial charge on any atom is 0.103 e. The molecule has 1 N–H and O–H groups in total. The van der Waals surface area contributed by atoms with Crippen molar-refractivity contribution >= 4 is 0 Å². The summed E-state index contributed by atoms with van der Waals surface area (Å²) in [6.45, 7) is 0. The van der Waals surface area contributed by atoms with Gasteiger partial charge in [0, 0.05) is 7.11 Å². The quantitative estimate of drug-likeness (QED) is 0.790. The van der Waals surface area contributed by atoms with Crippen molar-refractivity contribution in [3.8, 4) is 0 Å². The lowest BCUT2D eigenvalue weighted by molar-refractivity contribution is 0.0859. The van der Waals surface area contributed by atoms with Crippen molar-refractivity contribution in [1.29, 1.82) is 0 Å². The molecule has 16 heavy (non-hydrogen) atoms. The van der Waals surface area contributed by atoms with Crippen LogP contribution in [0.2, 0.25) is 0 Å². The molecule has 0 radical (unpaired) electrons. The van der Waals surface area contributed by atoms with E-state index in [0.717, 1.165) is 30.4 Å². The van der Waals surface area contributed by atoms with Gasteiger partial charge in [-0.3, -0.25) is 0 Å². The Morgan fingerprint density at radius 1 is 1.31 bits per heavy atom. The summed E-state index contributed by atoms with van der Waals surface area (Å²) < 4.78 is 5.42. The van der Waals surface area contributed by atoms with Crippen molar-refractivity contribution in [3.05, 3.63) is 47.5 Å². The Morgan fingerprint density at radius 2 is 2.06 bits per heavy atom. The van der Waals surface area contributed by atoms with Gasteiger partial charge in [0.15, 0.2) is 0 Å². The van der Waals surface area contributed by atoms with Crippen LogP contribution >= 0.6 is 0 Å². The molecule has 0 spiro atoms. The van der Waals surface area contributed by atoms with Gasteiger partial charge >= 0.3 is 0 Å². The average Bonchev–Trinajstić information content (AvgIpc) is 2.39. The van der Waals surface area contributed by atoms with Crippen molar-refractivity contribution in [2.45, 2.75) is 31.5 Å². The molecule has 0 aliphatic heterocycles. The van der Waals surface area contributed by atoms with Gasteiger partial charge in [0.05, 0.1) is 6.10 Å². The summed E-state index contributed by atoms with van der Waals surface area (Å²) in [5.41, 5.74) is 1.96. The zero-order valence-electron chi connectivity index (χ0n) is 9.60. The van der Waals surface area contributed by atoms with Crippen LogP contribution in [-0.4, -0.2) is 18.3 Å². The van der Waals surface area contributed by atoms with E-state index in [-0.39, 0.29) is 6.10 Å². The molecule has 0 fully saturated rings. The number of methoxy groups -OCH3 is 1. The number of hydrogen-bond acceptors (Lipinski definition) is 2. The molecule has 2 heteroatoms. The summed E-state index contributed by atoms with van der Waals surface area (Å²) in [5.74, 6) is 0. The molecule has 2 nitrogen and oxygen atoms in total. The van der Waals surface area contributed by atoms with Crippen LogP contribution in [0.1, 0.15) is 30.9 Å². The Hall–Kier alpha value is -1.12. The summed E-state index contributed by atoms with van der Waals surface area (Å²) in [6.07, 6.45) is 4.86. The second-order valence-electron chi connectivity index (χ2n) is 4.17. The highest BCUT2D eigenvalue weighted by Gasteiger charge is 2.24. The molecule has 2 rings (SSSR count). The third-order valence-corrected chi connectivity index (χ3v) is 3.14. The lowest BCUT2D eigenvalue weighted by Gasteiger charge is -2.26. The van der Waals surface area contributed by atoms with E-state index in [1.165, 1.54) is 0 Å². The second-order valence-corrected chi connectivity index (χ2v) is 4.17. The second kappa shape index (κ2) is 5.28. The molecular formula is C14H18O2. The smallest absolute Gasteiger partial charge is 0.103 e. The fourth-order valence-electron chi connectivity index (χ4n) is 2.24.